The Hall–Kier alpha value is -2.55. The Morgan fingerprint density at radius 2 is 1.93 bits per heavy atom. The van der Waals surface area contributed by atoms with Crippen molar-refractivity contribution in [1.29, 1.82) is 0 Å². The van der Waals surface area contributed by atoms with Crippen molar-refractivity contribution in [2.45, 2.75) is 19.9 Å². The molecule has 1 fully saturated rings. The Balaban J connectivity index is 1.55. The molecule has 28 heavy (non-hydrogen) atoms. The van der Waals surface area contributed by atoms with E-state index in [-0.39, 0.29) is 0 Å². The molecule has 1 N–H and O–H groups in total. The second-order valence-electron chi connectivity index (χ2n) is 6.41. The first-order valence-electron chi connectivity index (χ1n) is 9.42. The lowest BCUT2D eigenvalue weighted by Crippen LogP contribution is -2.52. The molecule has 0 aliphatic carbocycles. The molecule has 0 bridgehead atoms. The lowest BCUT2D eigenvalue weighted by atomic mass is 10.2. The van der Waals surface area contributed by atoms with Gasteiger partial charge in [0.15, 0.2) is 17.5 Å². The summed E-state index contributed by atoms with van der Waals surface area (Å²) < 4.78 is 15.1. The van der Waals surface area contributed by atoms with E-state index in [4.69, 9.17) is 9.47 Å². The Morgan fingerprint density at radius 3 is 2.54 bits per heavy atom. The van der Waals surface area contributed by atoms with Gasteiger partial charge < -0.3 is 24.6 Å². The predicted molar refractivity (Wildman–Crippen MR) is 113 cm³/mol. The summed E-state index contributed by atoms with van der Waals surface area (Å²) >= 11 is 1.49. The van der Waals surface area contributed by atoms with Crippen molar-refractivity contribution in [3.05, 3.63) is 29.6 Å². The number of methoxy groups -OCH3 is 2. The molecule has 152 valence electrons. The van der Waals surface area contributed by atoms with Crippen LogP contribution in [-0.4, -0.2) is 67.7 Å². The average Bonchev–Trinajstić information content (AvgIpc) is 3.23. The highest BCUT2D eigenvalue weighted by atomic mass is 32.1. The molecule has 0 atom stereocenters. The lowest BCUT2D eigenvalue weighted by molar-refractivity contribution is 0.354. The maximum absolute atomic E-state index is 5.38. The number of aromatic nitrogens is 2. The zero-order valence-electron chi connectivity index (χ0n) is 16.9. The van der Waals surface area contributed by atoms with Gasteiger partial charge in [0.25, 0.3) is 0 Å². The fourth-order valence-corrected chi connectivity index (χ4v) is 3.93. The van der Waals surface area contributed by atoms with Gasteiger partial charge in [-0.15, -0.1) is 0 Å². The van der Waals surface area contributed by atoms with E-state index in [1.54, 1.807) is 14.2 Å². The highest BCUT2D eigenvalue weighted by Crippen LogP contribution is 2.27. The van der Waals surface area contributed by atoms with Crippen LogP contribution in [0.25, 0.3) is 0 Å². The van der Waals surface area contributed by atoms with Crippen LogP contribution in [0.2, 0.25) is 0 Å². The molecule has 1 aromatic heterocycles. The molecule has 0 amide bonds. The van der Waals surface area contributed by atoms with Gasteiger partial charge in [-0.2, -0.15) is 4.37 Å². The van der Waals surface area contributed by atoms with E-state index in [0.717, 1.165) is 66.6 Å². The topological polar surface area (TPSA) is 75.1 Å². The van der Waals surface area contributed by atoms with Crippen LogP contribution in [0.4, 0.5) is 5.13 Å². The van der Waals surface area contributed by atoms with Crippen molar-refractivity contribution >= 4 is 22.6 Å². The van der Waals surface area contributed by atoms with Crippen LogP contribution >= 0.6 is 11.5 Å². The van der Waals surface area contributed by atoms with Gasteiger partial charge in [0, 0.05) is 57.7 Å². The van der Waals surface area contributed by atoms with E-state index in [1.807, 2.05) is 25.2 Å². The summed E-state index contributed by atoms with van der Waals surface area (Å²) in [6, 6.07) is 5.93. The van der Waals surface area contributed by atoms with Gasteiger partial charge in [0.2, 0.25) is 5.13 Å². The van der Waals surface area contributed by atoms with Crippen LogP contribution < -0.4 is 19.7 Å². The molecule has 8 nitrogen and oxygen atoms in total. The Kier molecular flexibility index (Phi) is 6.91. The first-order valence-corrected chi connectivity index (χ1v) is 10.2. The summed E-state index contributed by atoms with van der Waals surface area (Å²) in [5.74, 6) is 3.29. The fraction of sp³-hybridized carbons (Fsp3) is 0.526. The molecular weight excluding hydrogens is 376 g/mol. The molecular formula is C19H28N6O2S. The number of hydrogen-bond donors (Lipinski definition) is 1. The van der Waals surface area contributed by atoms with Crippen LogP contribution in [0, 0.1) is 0 Å². The lowest BCUT2D eigenvalue weighted by Gasteiger charge is -2.36. The maximum Gasteiger partial charge on any atom is 0.205 e. The number of ether oxygens (including phenoxy) is 2. The Bertz CT molecular complexity index is 801. The quantitative estimate of drug-likeness (QED) is 0.583. The van der Waals surface area contributed by atoms with Gasteiger partial charge in [0.1, 0.15) is 5.82 Å². The number of aryl methyl sites for hydroxylation is 1. The summed E-state index contributed by atoms with van der Waals surface area (Å²) in [7, 11) is 5.11. The fourth-order valence-electron chi connectivity index (χ4n) is 3.13. The smallest absolute Gasteiger partial charge is 0.205 e. The first-order chi connectivity index (χ1) is 13.7. The Morgan fingerprint density at radius 1 is 1.18 bits per heavy atom. The van der Waals surface area contributed by atoms with Crippen LogP contribution in [0.1, 0.15) is 18.3 Å². The number of nitrogens with zero attached hydrogens (tertiary/aromatic N) is 5. The van der Waals surface area contributed by atoms with E-state index < -0.39 is 0 Å². The zero-order chi connectivity index (χ0) is 19.9. The van der Waals surface area contributed by atoms with Gasteiger partial charge in [-0.3, -0.25) is 4.99 Å². The van der Waals surface area contributed by atoms with Crippen molar-refractivity contribution in [3.63, 3.8) is 0 Å². The molecule has 1 aliphatic heterocycles. The van der Waals surface area contributed by atoms with Crippen molar-refractivity contribution in [1.82, 2.24) is 19.6 Å². The molecule has 0 radical (unpaired) electrons. The van der Waals surface area contributed by atoms with Gasteiger partial charge >= 0.3 is 0 Å². The molecule has 2 heterocycles. The van der Waals surface area contributed by atoms with Crippen LogP contribution in [0.3, 0.4) is 0 Å². The van der Waals surface area contributed by atoms with Crippen LogP contribution in [0.5, 0.6) is 11.5 Å². The minimum atomic E-state index is 0.670. The highest BCUT2D eigenvalue weighted by molar-refractivity contribution is 7.09. The average molecular weight is 405 g/mol. The van der Waals surface area contributed by atoms with Crippen molar-refractivity contribution in [2.24, 2.45) is 4.99 Å². The molecule has 1 saturated heterocycles. The number of aliphatic imine (C=N–C) groups is 1. The van der Waals surface area contributed by atoms with E-state index in [9.17, 15) is 0 Å². The molecule has 0 saturated carbocycles. The third-order valence-electron chi connectivity index (χ3n) is 4.73. The SMILES string of the molecule is CCc1nsc(N2CCN(C(=NC)NCc3ccc(OC)c(OC)c3)CC2)n1. The van der Waals surface area contributed by atoms with Crippen LogP contribution in [0.15, 0.2) is 23.2 Å². The summed E-state index contributed by atoms with van der Waals surface area (Å²) in [6.07, 6.45) is 0.878. The number of anilines is 1. The van der Waals surface area contributed by atoms with E-state index >= 15 is 0 Å². The van der Waals surface area contributed by atoms with Gasteiger partial charge in [-0.05, 0) is 17.7 Å². The van der Waals surface area contributed by atoms with Gasteiger partial charge in [0.05, 0.1) is 14.2 Å². The zero-order valence-corrected chi connectivity index (χ0v) is 17.8. The van der Waals surface area contributed by atoms with Crippen LogP contribution in [-0.2, 0) is 13.0 Å². The van der Waals surface area contributed by atoms with E-state index in [0.29, 0.717) is 6.54 Å². The minimum Gasteiger partial charge on any atom is -0.493 e. The standard InChI is InChI=1S/C19H28N6O2S/c1-5-17-22-19(28-23-17)25-10-8-24(9-11-25)18(20-2)21-13-14-6-7-15(26-3)16(12-14)27-4/h6-7,12H,5,8-11,13H2,1-4H3,(H,20,21). The number of rotatable bonds is 6. The molecule has 1 aliphatic rings. The van der Waals surface area contributed by atoms with Crippen molar-refractivity contribution in [3.8, 4) is 11.5 Å². The van der Waals surface area contributed by atoms with Crippen molar-refractivity contribution < 1.29 is 9.47 Å². The summed E-state index contributed by atoms with van der Waals surface area (Å²) in [4.78, 5) is 13.6. The normalized spacial score (nSPS) is 14.9. The van der Waals surface area contributed by atoms with Gasteiger partial charge in [-0.25, -0.2) is 4.98 Å². The number of guanidine groups is 1. The monoisotopic (exact) mass is 404 g/mol. The molecule has 0 unspecified atom stereocenters. The van der Waals surface area contributed by atoms with Crippen molar-refractivity contribution in [2.75, 3.05) is 52.3 Å². The molecule has 1 aromatic carbocycles. The third-order valence-corrected chi connectivity index (χ3v) is 5.55. The molecule has 9 heteroatoms. The van der Waals surface area contributed by atoms with E-state index in [1.165, 1.54) is 11.5 Å². The number of hydrogen-bond acceptors (Lipinski definition) is 7. The molecule has 2 aromatic rings. The second-order valence-corrected chi connectivity index (χ2v) is 7.14. The highest BCUT2D eigenvalue weighted by Gasteiger charge is 2.22. The third kappa shape index (κ3) is 4.64. The predicted octanol–water partition coefficient (Wildman–Crippen LogP) is 2.02. The second kappa shape index (κ2) is 9.59. The largest absolute Gasteiger partial charge is 0.493 e. The van der Waals surface area contributed by atoms with Gasteiger partial charge in [-0.1, -0.05) is 13.0 Å². The molecule has 0 spiro atoms. The number of piperazine rings is 1. The van der Waals surface area contributed by atoms with E-state index in [2.05, 4.69) is 36.4 Å². The minimum absolute atomic E-state index is 0.670. The number of benzene rings is 1. The first kappa shape index (κ1) is 20.2. The number of nitrogens with one attached hydrogen (secondary N) is 1. The summed E-state index contributed by atoms with van der Waals surface area (Å²) in [6.45, 7) is 6.37. The maximum atomic E-state index is 5.38. The summed E-state index contributed by atoms with van der Waals surface area (Å²) in [5.41, 5.74) is 1.11. The Labute approximate surface area is 170 Å². The molecule has 3 rings (SSSR count). The summed E-state index contributed by atoms with van der Waals surface area (Å²) in [5, 5.41) is 4.47.